The summed E-state index contributed by atoms with van der Waals surface area (Å²) in [6, 6.07) is 11.1. The minimum atomic E-state index is -0.215. The Morgan fingerprint density at radius 2 is 1.81 bits per heavy atom. The first kappa shape index (κ1) is 15.7. The van der Waals surface area contributed by atoms with E-state index in [0.29, 0.717) is 12.1 Å². The molecular formula is C16H16Cl2N2O. The van der Waals surface area contributed by atoms with Crippen LogP contribution in [0.4, 0.5) is 5.69 Å². The van der Waals surface area contributed by atoms with Gasteiger partial charge in [0.05, 0.1) is 15.7 Å². The number of amides is 1. The Morgan fingerprint density at radius 1 is 1.19 bits per heavy atom. The number of carbonyl (C=O) groups excluding carboxylic acids is 1. The van der Waals surface area contributed by atoms with Crippen molar-refractivity contribution in [1.82, 2.24) is 5.32 Å². The van der Waals surface area contributed by atoms with Gasteiger partial charge in [0.1, 0.15) is 0 Å². The average molecular weight is 323 g/mol. The van der Waals surface area contributed by atoms with Crippen LogP contribution in [0.3, 0.4) is 0 Å². The van der Waals surface area contributed by atoms with Gasteiger partial charge in [-0.1, -0.05) is 47.5 Å². The van der Waals surface area contributed by atoms with Crippen molar-refractivity contribution in [2.45, 2.75) is 13.3 Å². The number of benzene rings is 2. The van der Waals surface area contributed by atoms with Gasteiger partial charge in [-0.3, -0.25) is 4.79 Å². The van der Waals surface area contributed by atoms with E-state index in [9.17, 15) is 4.79 Å². The first-order valence-electron chi connectivity index (χ1n) is 6.56. The van der Waals surface area contributed by atoms with E-state index < -0.39 is 0 Å². The highest BCUT2D eigenvalue weighted by Gasteiger charge is 2.11. The van der Waals surface area contributed by atoms with Crippen LogP contribution >= 0.6 is 23.2 Å². The summed E-state index contributed by atoms with van der Waals surface area (Å²) >= 11 is 11.8. The van der Waals surface area contributed by atoms with Crippen molar-refractivity contribution >= 4 is 34.8 Å². The Morgan fingerprint density at radius 3 is 2.43 bits per heavy atom. The van der Waals surface area contributed by atoms with E-state index >= 15 is 0 Å². The van der Waals surface area contributed by atoms with Gasteiger partial charge in [0.25, 0.3) is 5.91 Å². The van der Waals surface area contributed by atoms with Gasteiger partial charge in [-0.05, 0) is 36.6 Å². The van der Waals surface area contributed by atoms with E-state index in [1.54, 1.807) is 0 Å². The number of nitrogen functional groups attached to an aromatic ring is 1. The number of anilines is 1. The average Bonchev–Trinajstić information content (AvgIpc) is 2.46. The molecule has 21 heavy (non-hydrogen) atoms. The van der Waals surface area contributed by atoms with Crippen molar-refractivity contribution in [3.63, 3.8) is 0 Å². The monoisotopic (exact) mass is 322 g/mol. The van der Waals surface area contributed by atoms with Crippen molar-refractivity contribution in [2.24, 2.45) is 0 Å². The third kappa shape index (κ3) is 3.90. The molecule has 110 valence electrons. The Labute approximate surface area is 134 Å². The Kier molecular flexibility index (Phi) is 5.10. The number of aryl methyl sites for hydroxylation is 1. The maximum absolute atomic E-state index is 12.1. The lowest BCUT2D eigenvalue weighted by molar-refractivity contribution is 0.0954. The zero-order chi connectivity index (χ0) is 15.4. The Balaban J connectivity index is 1.98. The summed E-state index contributed by atoms with van der Waals surface area (Å²) in [6.07, 6.45) is 0.773. The molecule has 2 aromatic rings. The predicted molar refractivity (Wildman–Crippen MR) is 88.1 cm³/mol. The highest BCUT2D eigenvalue weighted by atomic mass is 35.5. The first-order valence-corrected chi connectivity index (χ1v) is 7.32. The van der Waals surface area contributed by atoms with Gasteiger partial charge in [-0.25, -0.2) is 0 Å². The minimum Gasteiger partial charge on any atom is -0.396 e. The standard InChI is InChI=1S/C16H16Cl2N2O/c1-10-4-2-3-5-11(10)6-7-20-16(21)12-8-13(17)15(19)14(18)9-12/h2-5,8-9H,6-7,19H2,1H3,(H,20,21). The fourth-order valence-corrected chi connectivity index (χ4v) is 2.51. The van der Waals surface area contributed by atoms with Crippen LogP contribution in [0.25, 0.3) is 0 Å². The van der Waals surface area contributed by atoms with Gasteiger partial charge in [-0.2, -0.15) is 0 Å². The largest absolute Gasteiger partial charge is 0.396 e. The molecule has 5 heteroatoms. The first-order chi connectivity index (χ1) is 9.99. The molecule has 0 fully saturated rings. The molecule has 2 aromatic carbocycles. The van der Waals surface area contributed by atoms with Gasteiger partial charge >= 0.3 is 0 Å². The lowest BCUT2D eigenvalue weighted by Gasteiger charge is -2.09. The summed E-state index contributed by atoms with van der Waals surface area (Å²) in [6.45, 7) is 2.60. The number of carbonyl (C=O) groups is 1. The minimum absolute atomic E-state index is 0.215. The Hall–Kier alpha value is -1.71. The lowest BCUT2D eigenvalue weighted by Crippen LogP contribution is -2.26. The lowest BCUT2D eigenvalue weighted by atomic mass is 10.1. The molecule has 0 aliphatic heterocycles. The highest BCUT2D eigenvalue weighted by molar-refractivity contribution is 6.39. The molecular weight excluding hydrogens is 307 g/mol. The van der Waals surface area contributed by atoms with Crippen molar-refractivity contribution in [1.29, 1.82) is 0 Å². The highest BCUT2D eigenvalue weighted by Crippen LogP contribution is 2.28. The molecule has 0 radical (unpaired) electrons. The van der Waals surface area contributed by atoms with E-state index in [0.717, 1.165) is 6.42 Å². The molecule has 0 bridgehead atoms. The van der Waals surface area contributed by atoms with Crippen LogP contribution in [-0.4, -0.2) is 12.5 Å². The van der Waals surface area contributed by atoms with E-state index in [1.807, 2.05) is 12.1 Å². The molecule has 0 saturated carbocycles. The molecule has 2 rings (SSSR count). The molecule has 0 atom stereocenters. The molecule has 0 aliphatic rings. The van der Waals surface area contributed by atoms with Crippen LogP contribution in [0.15, 0.2) is 36.4 Å². The molecule has 1 amide bonds. The van der Waals surface area contributed by atoms with Gasteiger partial charge in [0.2, 0.25) is 0 Å². The normalized spacial score (nSPS) is 10.4. The van der Waals surface area contributed by atoms with Crippen LogP contribution in [-0.2, 0) is 6.42 Å². The zero-order valence-corrected chi connectivity index (χ0v) is 13.1. The summed E-state index contributed by atoms with van der Waals surface area (Å²) in [5.74, 6) is -0.215. The SMILES string of the molecule is Cc1ccccc1CCNC(=O)c1cc(Cl)c(N)c(Cl)c1. The summed E-state index contributed by atoms with van der Waals surface area (Å²) in [5, 5.41) is 3.42. The van der Waals surface area contributed by atoms with Crippen LogP contribution in [0.1, 0.15) is 21.5 Å². The number of nitrogens with two attached hydrogens (primary N) is 1. The van der Waals surface area contributed by atoms with Crippen LogP contribution in [0, 0.1) is 6.92 Å². The molecule has 3 nitrogen and oxygen atoms in total. The number of nitrogens with one attached hydrogen (secondary N) is 1. The molecule has 3 N–H and O–H groups in total. The van der Waals surface area contributed by atoms with Crippen LogP contribution in [0.2, 0.25) is 10.0 Å². The second-order valence-electron chi connectivity index (χ2n) is 4.79. The molecule has 0 saturated heterocycles. The zero-order valence-electron chi connectivity index (χ0n) is 11.6. The van der Waals surface area contributed by atoms with Crippen molar-refractivity contribution in [2.75, 3.05) is 12.3 Å². The maximum atomic E-state index is 12.1. The van der Waals surface area contributed by atoms with Crippen molar-refractivity contribution < 1.29 is 4.79 Å². The summed E-state index contributed by atoms with van der Waals surface area (Å²) in [5.41, 5.74) is 8.77. The smallest absolute Gasteiger partial charge is 0.251 e. The summed E-state index contributed by atoms with van der Waals surface area (Å²) < 4.78 is 0. The van der Waals surface area contributed by atoms with E-state index in [-0.39, 0.29) is 21.6 Å². The maximum Gasteiger partial charge on any atom is 0.251 e. The topological polar surface area (TPSA) is 55.1 Å². The summed E-state index contributed by atoms with van der Waals surface area (Å²) in [7, 11) is 0. The molecule has 0 unspecified atom stereocenters. The molecule has 0 aromatic heterocycles. The second kappa shape index (κ2) is 6.83. The fraction of sp³-hybridized carbons (Fsp3) is 0.188. The third-order valence-electron chi connectivity index (χ3n) is 3.28. The number of rotatable bonds is 4. The fourth-order valence-electron chi connectivity index (χ4n) is 2.02. The van der Waals surface area contributed by atoms with Gasteiger partial charge in [-0.15, -0.1) is 0 Å². The van der Waals surface area contributed by atoms with E-state index in [4.69, 9.17) is 28.9 Å². The van der Waals surface area contributed by atoms with Crippen molar-refractivity contribution in [3.8, 4) is 0 Å². The quantitative estimate of drug-likeness (QED) is 0.840. The number of hydrogen-bond donors (Lipinski definition) is 2. The predicted octanol–water partition coefficient (Wildman–Crippen LogP) is 3.86. The Bertz CT molecular complexity index is 648. The van der Waals surface area contributed by atoms with Crippen LogP contribution < -0.4 is 11.1 Å². The van der Waals surface area contributed by atoms with Crippen LogP contribution in [0.5, 0.6) is 0 Å². The van der Waals surface area contributed by atoms with Crippen molar-refractivity contribution in [3.05, 3.63) is 63.1 Å². The molecule has 0 spiro atoms. The van der Waals surface area contributed by atoms with E-state index in [1.165, 1.54) is 23.3 Å². The van der Waals surface area contributed by atoms with Gasteiger partial charge in [0, 0.05) is 12.1 Å². The third-order valence-corrected chi connectivity index (χ3v) is 3.91. The van der Waals surface area contributed by atoms with Gasteiger partial charge in [0.15, 0.2) is 0 Å². The second-order valence-corrected chi connectivity index (χ2v) is 5.60. The number of halogens is 2. The molecule has 0 heterocycles. The summed E-state index contributed by atoms with van der Waals surface area (Å²) in [4.78, 5) is 12.1. The van der Waals surface area contributed by atoms with E-state index in [2.05, 4.69) is 24.4 Å². The van der Waals surface area contributed by atoms with Gasteiger partial charge < -0.3 is 11.1 Å². The number of hydrogen-bond acceptors (Lipinski definition) is 2. The molecule has 0 aliphatic carbocycles.